The van der Waals surface area contributed by atoms with E-state index in [-0.39, 0.29) is 30.2 Å². The summed E-state index contributed by atoms with van der Waals surface area (Å²) in [5.74, 6) is -11.9. The molecule has 0 aliphatic heterocycles. The molecular weight excluding hydrogens is 403 g/mol. The third-order valence-corrected chi connectivity index (χ3v) is 2.82. The Morgan fingerprint density at radius 1 is 1.12 bits per heavy atom. The molecule has 0 aliphatic rings. The summed E-state index contributed by atoms with van der Waals surface area (Å²) in [6.07, 6.45) is -5.40. The molecule has 2 aromatic rings. The number of carbonyl (C=O) groups excluding carboxylic acids is 1. The Morgan fingerprint density at radius 3 is 2.00 bits per heavy atom. The molecule has 126 valence electrons. The van der Waals surface area contributed by atoms with Crippen LogP contribution in [0.1, 0.15) is 16.1 Å². The molecule has 0 radical (unpaired) electrons. The number of halogens is 7. The van der Waals surface area contributed by atoms with Gasteiger partial charge in [-0.25, -0.2) is 17.6 Å². The molecule has 0 saturated heterocycles. The SMILES string of the molecule is Cc1nn(-c2c(F)c(F)cc(F)c2F)c(O)c1C(=O)C(F)(F)F.[Zn]. The molecule has 0 amide bonds. The minimum absolute atomic E-state index is 0. The first-order chi connectivity index (χ1) is 10.5. The normalized spacial score (nSPS) is 11.3. The van der Waals surface area contributed by atoms with Crippen LogP contribution in [0.2, 0.25) is 0 Å². The number of carbonyl (C=O) groups is 1. The van der Waals surface area contributed by atoms with Gasteiger partial charge in [0.05, 0.1) is 5.69 Å². The minimum Gasteiger partial charge on any atom is -0.493 e. The summed E-state index contributed by atoms with van der Waals surface area (Å²) in [7, 11) is 0. The maximum atomic E-state index is 13.6. The molecule has 12 heteroatoms. The number of ketones is 1. The van der Waals surface area contributed by atoms with E-state index < -0.39 is 58.1 Å². The van der Waals surface area contributed by atoms with E-state index in [1.165, 1.54) is 0 Å². The Labute approximate surface area is 141 Å². The first kappa shape index (κ1) is 20.1. The maximum absolute atomic E-state index is 13.6. The third-order valence-electron chi connectivity index (χ3n) is 2.82. The summed E-state index contributed by atoms with van der Waals surface area (Å²) in [5.41, 5.74) is -3.72. The molecular formula is C12H5F7N2O2Zn. The molecule has 0 bridgehead atoms. The zero-order valence-electron chi connectivity index (χ0n) is 11.7. The van der Waals surface area contributed by atoms with Crippen molar-refractivity contribution in [2.45, 2.75) is 13.1 Å². The summed E-state index contributed by atoms with van der Waals surface area (Å²) in [6, 6.07) is -0.136. The molecule has 2 rings (SSSR count). The van der Waals surface area contributed by atoms with Gasteiger partial charge in [-0.1, -0.05) is 0 Å². The third kappa shape index (κ3) is 3.15. The van der Waals surface area contributed by atoms with Gasteiger partial charge in [-0.05, 0) is 6.92 Å². The summed E-state index contributed by atoms with van der Waals surface area (Å²) in [5, 5.41) is 12.8. The summed E-state index contributed by atoms with van der Waals surface area (Å²) in [4.78, 5) is 11.2. The Hall–Kier alpha value is -1.97. The number of aromatic nitrogens is 2. The van der Waals surface area contributed by atoms with Gasteiger partial charge in [0.2, 0.25) is 5.88 Å². The Bertz CT molecular complexity index is 791. The van der Waals surface area contributed by atoms with E-state index in [1.807, 2.05) is 0 Å². The van der Waals surface area contributed by atoms with Gasteiger partial charge in [-0.15, -0.1) is 0 Å². The van der Waals surface area contributed by atoms with Gasteiger partial charge < -0.3 is 5.11 Å². The monoisotopic (exact) mass is 406 g/mol. The van der Waals surface area contributed by atoms with Gasteiger partial charge in [-0.3, -0.25) is 4.79 Å². The Balaban J connectivity index is 0.00000288. The zero-order chi connectivity index (χ0) is 17.7. The van der Waals surface area contributed by atoms with Crippen molar-refractivity contribution in [3.05, 3.63) is 40.6 Å². The van der Waals surface area contributed by atoms with Crippen LogP contribution >= 0.6 is 0 Å². The van der Waals surface area contributed by atoms with Crippen LogP contribution in [-0.2, 0) is 19.5 Å². The molecule has 1 aromatic heterocycles. The van der Waals surface area contributed by atoms with Gasteiger partial charge in [0.1, 0.15) is 11.3 Å². The first-order valence-electron chi connectivity index (χ1n) is 5.70. The van der Waals surface area contributed by atoms with Gasteiger partial charge in [0.15, 0.2) is 23.3 Å². The fourth-order valence-corrected chi connectivity index (χ4v) is 1.83. The van der Waals surface area contributed by atoms with Crippen molar-refractivity contribution in [2.24, 2.45) is 0 Å². The molecule has 0 unspecified atom stereocenters. The molecule has 0 saturated carbocycles. The topological polar surface area (TPSA) is 55.1 Å². The average Bonchev–Trinajstić information content (AvgIpc) is 2.70. The van der Waals surface area contributed by atoms with Crippen molar-refractivity contribution in [3.63, 3.8) is 0 Å². The Morgan fingerprint density at radius 2 is 1.58 bits per heavy atom. The minimum atomic E-state index is -5.40. The largest absolute Gasteiger partial charge is 0.493 e. The number of nitrogens with zero attached hydrogens (tertiary/aromatic N) is 2. The van der Waals surface area contributed by atoms with E-state index in [4.69, 9.17) is 0 Å². The maximum Gasteiger partial charge on any atom is 0.455 e. The second-order valence-corrected chi connectivity index (χ2v) is 4.34. The van der Waals surface area contributed by atoms with E-state index in [2.05, 4.69) is 5.10 Å². The van der Waals surface area contributed by atoms with E-state index >= 15 is 0 Å². The fraction of sp³-hybridized carbons (Fsp3) is 0.167. The quantitative estimate of drug-likeness (QED) is 0.360. The number of Topliss-reactive ketones (excluding diaryl/α,β-unsaturated/α-hetero) is 1. The van der Waals surface area contributed by atoms with Gasteiger partial charge in [0, 0.05) is 25.5 Å². The van der Waals surface area contributed by atoms with Gasteiger partial charge >= 0.3 is 6.18 Å². The van der Waals surface area contributed by atoms with Crippen LogP contribution in [0.15, 0.2) is 6.07 Å². The van der Waals surface area contributed by atoms with Crippen LogP contribution in [-0.4, -0.2) is 26.8 Å². The van der Waals surface area contributed by atoms with Crippen LogP contribution in [0, 0.1) is 30.2 Å². The molecule has 1 aromatic carbocycles. The van der Waals surface area contributed by atoms with Crippen LogP contribution in [0.3, 0.4) is 0 Å². The number of hydrogen-bond donors (Lipinski definition) is 1. The standard InChI is InChI=1S/C12H5F7N2O2.Zn/c1-3-6(10(22)12(17,18)19)11(23)21(20-3)9-7(15)4(13)2-5(14)8(9)16;/h2,23H,1H3;. The van der Waals surface area contributed by atoms with Gasteiger partial charge in [-0.2, -0.15) is 23.0 Å². The van der Waals surface area contributed by atoms with Crippen molar-refractivity contribution in [3.8, 4) is 11.6 Å². The van der Waals surface area contributed by atoms with Crippen LogP contribution in [0.25, 0.3) is 5.69 Å². The first-order valence-corrected chi connectivity index (χ1v) is 5.70. The zero-order valence-corrected chi connectivity index (χ0v) is 14.6. The molecule has 0 aliphatic carbocycles. The van der Waals surface area contributed by atoms with Crippen LogP contribution in [0.4, 0.5) is 30.7 Å². The van der Waals surface area contributed by atoms with Crippen LogP contribution < -0.4 is 0 Å². The van der Waals surface area contributed by atoms with Crippen LogP contribution in [0.5, 0.6) is 5.88 Å². The van der Waals surface area contributed by atoms with Crippen molar-refractivity contribution >= 4 is 5.78 Å². The molecule has 24 heavy (non-hydrogen) atoms. The van der Waals surface area contributed by atoms with E-state index in [9.17, 15) is 40.6 Å². The van der Waals surface area contributed by atoms with Crippen molar-refractivity contribution in [1.82, 2.24) is 9.78 Å². The number of alkyl halides is 3. The van der Waals surface area contributed by atoms with Gasteiger partial charge in [0.25, 0.3) is 5.78 Å². The molecule has 4 nitrogen and oxygen atoms in total. The van der Waals surface area contributed by atoms with Crippen molar-refractivity contribution < 1.29 is 60.1 Å². The van der Waals surface area contributed by atoms with E-state index in [0.717, 1.165) is 6.92 Å². The fourth-order valence-electron chi connectivity index (χ4n) is 1.83. The number of hydrogen-bond acceptors (Lipinski definition) is 3. The molecule has 0 fully saturated rings. The molecule has 0 spiro atoms. The second-order valence-electron chi connectivity index (χ2n) is 4.34. The number of benzene rings is 1. The van der Waals surface area contributed by atoms with E-state index in [0.29, 0.717) is 0 Å². The smallest absolute Gasteiger partial charge is 0.455 e. The predicted octanol–water partition coefficient (Wildman–Crippen LogP) is 3.19. The molecule has 1 N–H and O–H groups in total. The number of rotatable bonds is 2. The summed E-state index contributed by atoms with van der Waals surface area (Å²) < 4.78 is 90.6. The number of aromatic hydroxyl groups is 1. The predicted molar refractivity (Wildman–Crippen MR) is 60.2 cm³/mol. The number of aryl methyl sites for hydroxylation is 1. The second kappa shape index (κ2) is 6.50. The molecule has 1 heterocycles. The van der Waals surface area contributed by atoms with Crippen molar-refractivity contribution in [2.75, 3.05) is 0 Å². The Kier molecular flexibility index (Phi) is 5.44. The van der Waals surface area contributed by atoms with Crippen molar-refractivity contribution in [1.29, 1.82) is 0 Å². The molecule has 0 atom stereocenters. The van der Waals surface area contributed by atoms with E-state index in [1.54, 1.807) is 0 Å². The summed E-state index contributed by atoms with van der Waals surface area (Å²) in [6.45, 7) is 0.834. The summed E-state index contributed by atoms with van der Waals surface area (Å²) >= 11 is 0. The average molecular weight is 408 g/mol.